The molecule has 1 aliphatic rings. The van der Waals surface area contributed by atoms with E-state index in [0.29, 0.717) is 49.2 Å². The first-order valence-corrected chi connectivity index (χ1v) is 12.4. The average Bonchev–Trinajstić information content (AvgIpc) is 2.87. The molecule has 0 spiro atoms. The minimum absolute atomic E-state index is 0.227. The SMILES string of the molecule is CCOC(=O)C1=C(C)NC(=S)N[C@@H]1c1ccccc1OCC(=O)NN=Cc1cc(Br)c(OC)cc1OC. The molecule has 1 atom stereocenters. The van der Waals surface area contributed by atoms with Crippen molar-refractivity contribution in [3.8, 4) is 17.2 Å². The first-order chi connectivity index (χ1) is 17.8. The predicted octanol–water partition coefficient (Wildman–Crippen LogP) is 3.35. The van der Waals surface area contributed by atoms with Crippen molar-refractivity contribution in [2.75, 3.05) is 27.4 Å². The molecule has 37 heavy (non-hydrogen) atoms. The molecule has 0 bridgehead atoms. The lowest BCUT2D eigenvalue weighted by Gasteiger charge is -2.30. The third-order valence-corrected chi connectivity index (χ3v) is 6.09. The second-order valence-corrected chi connectivity index (χ2v) is 8.90. The van der Waals surface area contributed by atoms with Crippen LogP contribution in [0.2, 0.25) is 0 Å². The van der Waals surface area contributed by atoms with Crippen LogP contribution in [0.5, 0.6) is 17.2 Å². The van der Waals surface area contributed by atoms with Crippen molar-refractivity contribution >= 4 is 51.4 Å². The summed E-state index contributed by atoms with van der Waals surface area (Å²) in [7, 11) is 3.08. The molecule has 1 amide bonds. The van der Waals surface area contributed by atoms with Crippen LogP contribution in [0.3, 0.4) is 0 Å². The number of esters is 1. The number of nitrogens with one attached hydrogen (secondary N) is 3. The van der Waals surface area contributed by atoms with Crippen LogP contribution in [0, 0.1) is 0 Å². The topological polar surface area (TPSA) is 120 Å². The third-order valence-electron chi connectivity index (χ3n) is 5.25. The monoisotopic (exact) mass is 590 g/mol. The molecule has 1 aliphatic heterocycles. The number of thiocarbonyl (C=S) groups is 1. The molecule has 1 heterocycles. The Balaban J connectivity index is 1.72. The Hall–Kier alpha value is -3.64. The highest BCUT2D eigenvalue weighted by Gasteiger charge is 2.32. The smallest absolute Gasteiger partial charge is 0.338 e. The fraction of sp³-hybridized carbons (Fsp3) is 0.280. The van der Waals surface area contributed by atoms with Crippen molar-refractivity contribution < 1.29 is 28.5 Å². The molecule has 0 aliphatic carbocycles. The number of benzene rings is 2. The summed E-state index contributed by atoms with van der Waals surface area (Å²) in [6, 6.07) is 9.90. The quantitative estimate of drug-likeness (QED) is 0.165. The average molecular weight is 591 g/mol. The van der Waals surface area contributed by atoms with Crippen LogP contribution in [0.4, 0.5) is 0 Å². The molecule has 2 aromatic rings. The van der Waals surface area contributed by atoms with Crippen molar-refractivity contribution in [2.24, 2.45) is 5.10 Å². The maximum Gasteiger partial charge on any atom is 0.338 e. The number of para-hydroxylation sites is 1. The molecule has 12 heteroatoms. The number of hydrazone groups is 1. The van der Waals surface area contributed by atoms with Crippen molar-refractivity contribution in [3.63, 3.8) is 0 Å². The second kappa shape index (κ2) is 13.1. The molecule has 0 radical (unpaired) electrons. The summed E-state index contributed by atoms with van der Waals surface area (Å²) in [4.78, 5) is 25.1. The Morgan fingerprint density at radius 2 is 1.89 bits per heavy atom. The van der Waals surface area contributed by atoms with Crippen LogP contribution in [-0.4, -0.2) is 50.6 Å². The summed E-state index contributed by atoms with van der Waals surface area (Å²) >= 11 is 8.71. The predicted molar refractivity (Wildman–Crippen MR) is 146 cm³/mol. The molecule has 0 aromatic heterocycles. The van der Waals surface area contributed by atoms with Crippen molar-refractivity contribution in [2.45, 2.75) is 19.9 Å². The summed E-state index contributed by atoms with van der Waals surface area (Å²) < 4.78 is 22.3. The van der Waals surface area contributed by atoms with Gasteiger partial charge in [-0.25, -0.2) is 10.2 Å². The molecule has 3 rings (SSSR count). The van der Waals surface area contributed by atoms with E-state index in [-0.39, 0.29) is 13.2 Å². The van der Waals surface area contributed by atoms with Crippen LogP contribution >= 0.6 is 28.1 Å². The minimum Gasteiger partial charge on any atom is -0.496 e. The maximum atomic E-state index is 12.7. The zero-order valence-corrected chi connectivity index (χ0v) is 23.1. The lowest BCUT2D eigenvalue weighted by molar-refractivity contribution is -0.139. The van der Waals surface area contributed by atoms with E-state index in [1.165, 1.54) is 13.3 Å². The molecule has 0 unspecified atom stereocenters. The van der Waals surface area contributed by atoms with Gasteiger partial charge in [0.25, 0.3) is 5.91 Å². The van der Waals surface area contributed by atoms with Gasteiger partial charge in [-0.1, -0.05) is 18.2 Å². The van der Waals surface area contributed by atoms with Gasteiger partial charge in [0.05, 0.1) is 43.1 Å². The Bertz CT molecular complexity index is 1250. The number of carbonyl (C=O) groups is 2. The number of hydrogen-bond donors (Lipinski definition) is 3. The van der Waals surface area contributed by atoms with Gasteiger partial charge < -0.3 is 29.6 Å². The van der Waals surface area contributed by atoms with E-state index in [4.69, 9.17) is 31.2 Å². The number of allylic oxidation sites excluding steroid dienone is 1. The minimum atomic E-state index is -0.619. The number of amides is 1. The normalized spacial score (nSPS) is 15.1. The molecular formula is C25H27BrN4O6S. The van der Waals surface area contributed by atoms with Gasteiger partial charge in [0.15, 0.2) is 11.7 Å². The Morgan fingerprint density at radius 1 is 1.16 bits per heavy atom. The zero-order chi connectivity index (χ0) is 26.9. The first-order valence-electron chi connectivity index (χ1n) is 11.2. The van der Waals surface area contributed by atoms with Crippen molar-refractivity contribution in [1.82, 2.24) is 16.1 Å². The van der Waals surface area contributed by atoms with E-state index in [1.54, 1.807) is 57.4 Å². The van der Waals surface area contributed by atoms with E-state index in [9.17, 15) is 9.59 Å². The summed E-state index contributed by atoms with van der Waals surface area (Å²) in [5.41, 5.74) is 4.64. The van der Waals surface area contributed by atoms with Crippen LogP contribution in [0.15, 0.2) is 57.2 Å². The van der Waals surface area contributed by atoms with Crippen LogP contribution in [-0.2, 0) is 14.3 Å². The lowest BCUT2D eigenvalue weighted by atomic mass is 9.95. The fourth-order valence-corrected chi connectivity index (χ4v) is 4.38. The summed E-state index contributed by atoms with van der Waals surface area (Å²) in [5.74, 6) is 0.569. The van der Waals surface area contributed by atoms with Gasteiger partial charge in [-0.05, 0) is 54.1 Å². The third kappa shape index (κ3) is 6.98. The van der Waals surface area contributed by atoms with Gasteiger partial charge in [0.2, 0.25) is 0 Å². The van der Waals surface area contributed by atoms with Gasteiger partial charge in [0.1, 0.15) is 17.2 Å². The number of carbonyl (C=O) groups excluding carboxylic acids is 2. The largest absolute Gasteiger partial charge is 0.496 e. The van der Waals surface area contributed by atoms with Crippen LogP contribution in [0.25, 0.3) is 0 Å². The van der Waals surface area contributed by atoms with E-state index in [1.807, 2.05) is 0 Å². The lowest BCUT2D eigenvalue weighted by Crippen LogP contribution is -2.45. The van der Waals surface area contributed by atoms with Gasteiger partial charge in [-0.2, -0.15) is 5.10 Å². The van der Waals surface area contributed by atoms with Crippen molar-refractivity contribution in [1.29, 1.82) is 0 Å². The molecule has 3 N–H and O–H groups in total. The summed E-state index contributed by atoms with van der Waals surface area (Å²) in [6.07, 6.45) is 1.45. The highest BCUT2D eigenvalue weighted by molar-refractivity contribution is 9.10. The number of halogens is 1. The van der Waals surface area contributed by atoms with E-state index < -0.39 is 17.9 Å². The highest BCUT2D eigenvalue weighted by Crippen LogP contribution is 2.34. The maximum absolute atomic E-state index is 12.7. The number of rotatable bonds is 10. The Kier molecular flexibility index (Phi) is 9.86. The number of methoxy groups -OCH3 is 2. The summed E-state index contributed by atoms with van der Waals surface area (Å²) in [5, 5.41) is 10.4. The molecule has 0 fully saturated rings. The van der Waals surface area contributed by atoms with Gasteiger partial charge in [0, 0.05) is 22.9 Å². The zero-order valence-electron chi connectivity index (χ0n) is 20.7. The molecule has 0 saturated carbocycles. The Labute approximate surface area is 228 Å². The van der Waals surface area contributed by atoms with Crippen molar-refractivity contribution in [3.05, 3.63) is 63.3 Å². The van der Waals surface area contributed by atoms with E-state index >= 15 is 0 Å². The standard InChI is InChI=1S/C25H27BrN4O6S/c1-5-35-24(32)22-14(2)28-25(37)29-23(22)16-8-6-7-9-18(16)36-13-21(31)30-27-12-15-10-17(26)20(34-4)11-19(15)33-3/h6-12,23H,5,13H2,1-4H3,(H,30,31)(H2,28,29,37)/t23-/m1/s1. The number of nitrogens with zero attached hydrogens (tertiary/aromatic N) is 1. The first kappa shape index (κ1) is 27.9. The molecule has 2 aromatic carbocycles. The number of ether oxygens (including phenoxy) is 4. The van der Waals surface area contributed by atoms with E-state index in [2.05, 4.69) is 37.1 Å². The second-order valence-electron chi connectivity index (χ2n) is 7.64. The summed E-state index contributed by atoms with van der Waals surface area (Å²) in [6.45, 7) is 3.39. The molecule has 10 nitrogen and oxygen atoms in total. The number of hydrogen-bond acceptors (Lipinski definition) is 8. The highest BCUT2D eigenvalue weighted by atomic mass is 79.9. The molecular weight excluding hydrogens is 564 g/mol. The van der Waals surface area contributed by atoms with Crippen LogP contribution in [0.1, 0.15) is 31.0 Å². The molecule has 0 saturated heterocycles. The van der Waals surface area contributed by atoms with Gasteiger partial charge in [-0.15, -0.1) is 0 Å². The van der Waals surface area contributed by atoms with Gasteiger partial charge in [-0.3, -0.25) is 4.79 Å². The Morgan fingerprint density at radius 3 is 2.59 bits per heavy atom. The molecule has 196 valence electrons. The van der Waals surface area contributed by atoms with Crippen LogP contribution < -0.4 is 30.3 Å². The van der Waals surface area contributed by atoms with Gasteiger partial charge >= 0.3 is 5.97 Å². The van der Waals surface area contributed by atoms with E-state index in [0.717, 1.165) is 0 Å². The fourth-order valence-electron chi connectivity index (χ4n) is 3.59.